The third kappa shape index (κ3) is 2.69. The SMILES string of the molecule is [O]C(=O)CC(F)(F)C(F)(F)F. The molecule has 0 aliphatic rings. The minimum atomic E-state index is -5.83. The summed E-state index contributed by atoms with van der Waals surface area (Å²) in [6.07, 6.45) is -8.16. The van der Waals surface area contributed by atoms with Gasteiger partial charge in [-0.25, -0.2) is 9.90 Å². The molecule has 7 heteroatoms. The Balaban J connectivity index is 4.34. The predicted molar refractivity (Wildman–Crippen MR) is 21.3 cm³/mol. The van der Waals surface area contributed by atoms with Crippen molar-refractivity contribution in [2.45, 2.75) is 18.5 Å². The molecule has 0 bridgehead atoms. The van der Waals surface area contributed by atoms with E-state index in [0.29, 0.717) is 0 Å². The highest BCUT2D eigenvalue weighted by atomic mass is 19.4. The average Bonchev–Trinajstić information content (AvgIpc) is 1.56. The zero-order valence-corrected chi connectivity index (χ0v) is 4.91. The number of alkyl halides is 5. The van der Waals surface area contributed by atoms with E-state index in [-0.39, 0.29) is 0 Å². The van der Waals surface area contributed by atoms with Crippen molar-refractivity contribution in [1.82, 2.24) is 0 Å². The van der Waals surface area contributed by atoms with Crippen LogP contribution < -0.4 is 0 Å². The molecule has 0 aromatic heterocycles. The van der Waals surface area contributed by atoms with Crippen LogP contribution >= 0.6 is 0 Å². The summed E-state index contributed by atoms with van der Waals surface area (Å²) in [5.74, 6) is -7.64. The maximum Gasteiger partial charge on any atom is 0.453 e. The lowest BCUT2D eigenvalue weighted by molar-refractivity contribution is -0.284. The summed E-state index contributed by atoms with van der Waals surface area (Å²) in [6, 6.07) is 0. The summed E-state index contributed by atoms with van der Waals surface area (Å²) in [4.78, 5) is 9.37. The molecule has 0 heterocycles. The first kappa shape index (κ1) is 10.1. The first-order valence-corrected chi connectivity index (χ1v) is 2.31. The van der Waals surface area contributed by atoms with Gasteiger partial charge in [0.05, 0.1) is 0 Å². The van der Waals surface area contributed by atoms with Crippen molar-refractivity contribution in [3.63, 3.8) is 0 Å². The third-order valence-electron chi connectivity index (χ3n) is 0.781. The quantitative estimate of drug-likeness (QED) is 0.589. The van der Waals surface area contributed by atoms with Crippen molar-refractivity contribution in [3.05, 3.63) is 0 Å². The van der Waals surface area contributed by atoms with Crippen LogP contribution in [-0.2, 0) is 9.90 Å². The Morgan fingerprint density at radius 2 is 1.45 bits per heavy atom. The second-order valence-electron chi connectivity index (χ2n) is 1.75. The monoisotopic (exact) mass is 177 g/mol. The lowest BCUT2D eigenvalue weighted by Gasteiger charge is -2.16. The minimum Gasteiger partial charge on any atom is -0.247 e. The largest absolute Gasteiger partial charge is 0.453 e. The van der Waals surface area contributed by atoms with E-state index in [2.05, 4.69) is 0 Å². The first-order valence-electron chi connectivity index (χ1n) is 2.31. The fourth-order valence-corrected chi connectivity index (χ4v) is 0.282. The summed E-state index contributed by atoms with van der Waals surface area (Å²) in [5.41, 5.74) is 0. The molecule has 0 N–H and O–H groups in total. The molecule has 0 spiro atoms. The highest BCUT2D eigenvalue weighted by Gasteiger charge is 2.58. The molecule has 0 aromatic rings. The van der Waals surface area contributed by atoms with Gasteiger partial charge in [-0.2, -0.15) is 22.0 Å². The van der Waals surface area contributed by atoms with Gasteiger partial charge in [-0.1, -0.05) is 0 Å². The van der Waals surface area contributed by atoms with Crippen molar-refractivity contribution in [2.75, 3.05) is 0 Å². The number of carbonyl (C=O) groups excluding carboxylic acids is 1. The van der Waals surface area contributed by atoms with E-state index in [1.165, 1.54) is 0 Å². The molecular weight excluding hydrogens is 175 g/mol. The van der Waals surface area contributed by atoms with Crippen molar-refractivity contribution in [1.29, 1.82) is 0 Å². The van der Waals surface area contributed by atoms with E-state index in [0.717, 1.165) is 0 Å². The Hall–Kier alpha value is -0.880. The van der Waals surface area contributed by atoms with Crippen LogP contribution in [0.5, 0.6) is 0 Å². The van der Waals surface area contributed by atoms with Crippen LogP contribution in [0.2, 0.25) is 0 Å². The van der Waals surface area contributed by atoms with Gasteiger partial charge < -0.3 is 0 Å². The zero-order valence-electron chi connectivity index (χ0n) is 4.91. The number of hydrogen-bond donors (Lipinski definition) is 0. The van der Waals surface area contributed by atoms with Gasteiger partial charge in [-0.05, 0) is 0 Å². The van der Waals surface area contributed by atoms with Crippen LogP contribution in [0.15, 0.2) is 0 Å². The Kier molecular flexibility index (Phi) is 2.42. The Morgan fingerprint density at radius 3 is 1.55 bits per heavy atom. The molecule has 1 radical (unpaired) electrons. The summed E-state index contributed by atoms with van der Waals surface area (Å²) in [5, 5.41) is 9.37. The second kappa shape index (κ2) is 2.63. The molecule has 0 aliphatic carbocycles. The van der Waals surface area contributed by atoms with Crippen LogP contribution in [-0.4, -0.2) is 18.1 Å². The predicted octanol–water partition coefficient (Wildman–Crippen LogP) is 1.53. The fraction of sp³-hybridized carbons (Fsp3) is 0.750. The lowest BCUT2D eigenvalue weighted by atomic mass is 10.2. The molecule has 0 aromatic carbocycles. The second-order valence-corrected chi connectivity index (χ2v) is 1.75. The normalized spacial score (nSPS) is 13.2. The van der Waals surface area contributed by atoms with E-state index in [9.17, 15) is 31.9 Å². The first-order chi connectivity index (χ1) is 4.67. The summed E-state index contributed by atoms with van der Waals surface area (Å²) in [6.45, 7) is 0. The number of rotatable bonds is 2. The topological polar surface area (TPSA) is 37.0 Å². The minimum absolute atomic E-state index is 2.34. The third-order valence-corrected chi connectivity index (χ3v) is 0.781. The van der Waals surface area contributed by atoms with Crippen LogP contribution in [0.1, 0.15) is 6.42 Å². The van der Waals surface area contributed by atoms with Gasteiger partial charge in [0.2, 0.25) is 0 Å². The van der Waals surface area contributed by atoms with Gasteiger partial charge >= 0.3 is 18.1 Å². The van der Waals surface area contributed by atoms with Crippen LogP contribution in [0.25, 0.3) is 0 Å². The van der Waals surface area contributed by atoms with Gasteiger partial charge in [0.1, 0.15) is 6.42 Å². The highest BCUT2D eigenvalue weighted by Crippen LogP contribution is 2.37. The van der Waals surface area contributed by atoms with E-state index in [1.807, 2.05) is 0 Å². The van der Waals surface area contributed by atoms with Crippen LogP contribution in [0, 0.1) is 0 Å². The molecule has 0 unspecified atom stereocenters. The van der Waals surface area contributed by atoms with E-state index >= 15 is 0 Å². The Labute approximate surface area is 57.6 Å². The zero-order chi connectivity index (χ0) is 9.28. The molecule has 0 amide bonds. The Bertz CT molecular complexity index is 160. The molecule has 11 heavy (non-hydrogen) atoms. The van der Waals surface area contributed by atoms with E-state index < -0.39 is 24.5 Å². The molecule has 65 valence electrons. The van der Waals surface area contributed by atoms with Crippen LogP contribution in [0.3, 0.4) is 0 Å². The molecule has 0 fully saturated rings. The van der Waals surface area contributed by atoms with Gasteiger partial charge in [0, 0.05) is 0 Å². The molecule has 0 rings (SSSR count). The summed E-state index contributed by atoms with van der Waals surface area (Å²) < 4.78 is 56.7. The Morgan fingerprint density at radius 1 is 1.09 bits per heavy atom. The van der Waals surface area contributed by atoms with Gasteiger partial charge in [-0.3, -0.25) is 0 Å². The smallest absolute Gasteiger partial charge is 0.247 e. The van der Waals surface area contributed by atoms with Crippen molar-refractivity contribution < 1.29 is 31.9 Å². The highest BCUT2D eigenvalue weighted by molar-refractivity contribution is 5.67. The van der Waals surface area contributed by atoms with E-state index in [1.54, 1.807) is 0 Å². The molecule has 0 saturated heterocycles. The van der Waals surface area contributed by atoms with Crippen molar-refractivity contribution >= 4 is 5.97 Å². The maximum absolute atomic E-state index is 11.6. The molecule has 0 saturated carbocycles. The van der Waals surface area contributed by atoms with Crippen molar-refractivity contribution in [2.24, 2.45) is 0 Å². The number of halogens is 5. The molecular formula is C4H2F5O2. The average molecular weight is 177 g/mol. The maximum atomic E-state index is 11.6. The molecule has 0 aliphatic heterocycles. The number of hydrogen-bond acceptors (Lipinski definition) is 1. The van der Waals surface area contributed by atoms with Crippen molar-refractivity contribution in [3.8, 4) is 0 Å². The lowest BCUT2D eigenvalue weighted by Crippen LogP contribution is -2.38. The standard InChI is InChI=1S/C4H2F5O2/c5-3(6,1-2(10)11)4(7,8)9/h1H2. The fourth-order valence-electron chi connectivity index (χ4n) is 0.282. The van der Waals surface area contributed by atoms with E-state index in [4.69, 9.17) is 0 Å². The van der Waals surface area contributed by atoms with Crippen LogP contribution in [0.4, 0.5) is 22.0 Å². The molecule has 0 atom stereocenters. The van der Waals surface area contributed by atoms with Gasteiger partial charge in [-0.15, -0.1) is 0 Å². The molecule has 2 nitrogen and oxygen atoms in total. The van der Waals surface area contributed by atoms with Gasteiger partial charge in [0.25, 0.3) is 0 Å². The van der Waals surface area contributed by atoms with Gasteiger partial charge in [0.15, 0.2) is 0 Å². The summed E-state index contributed by atoms with van der Waals surface area (Å²) >= 11 is 0. The number of carbonyl (C=O) groups is 1. The summed E-state index contributed by atoms with van der Waals surface area (Å²) in [7, 11) is 0.